The minimum absolute atomic E-state index is 0.0980. The maximum absolute atomic E-state index is 14.0. The van der Waals surface area contributed by atoms with Crippen molar-refractivity contribution in [2.24, 2.45) is 11.7 Å². The van der Waals surface area contributed by atoms with Gasteiger partial charge in [0.15, 0.2) is 12.0 Å². The van der Waals surface area contributed by atoms with Crippen LogP contribution in [0.2, 0.25) is 0 Å². The maximum atomic E-state index is 14.0. The lowest BCUT2D eigenvalue weighted by Crippen LogP contribution is -2.18. The quantitative estimate of drug-likeness (QED) is 0.879. The second-order valence-electron chi connectivity index (χ2n) is 6.48. The van der Waals surface area contributed by atoms with Crippen molar-refractivity contribution in [1.82, 2.24) is 15.0 Å². The fraction of sp³-hybridized carbons (Fsp3) is 0.500. The molecule has 1 aromatic heterocycles. The van der Waals surface area contributed by atoms with Crippen LogP contribution in [0.1, 0.15) is 60.8 Å². The third kappa shape index (κ3) is 3.24. The van der Waals surface area contributed by atoms with E-state index in [4.69, 9.17) is 5.73 Å². The van der Waals surface area contributed by atoms with Gasteiger partial charge in [0.2, 0.25) is 5.95 Å². The van der Waals surface area contributed by atoms with E-state index in [1.165, 1.54) is 11.1 Å². The molecule has 0 spiro atoms. The molecule has 1 aliphatic carbocycles. The number of alkyl halides is 1. The van der Waals surface area contributed by atoms with Crippen LogP contribution in [-0.2, 0) is 13.0 Å². The summed E-state index contributed by atoms with van der Waals surface area (Å²) in [6, 6.07) is 6.47. The number of aryl methyl sites for hydroxylation is 1. The summed E-state index contributed by atoms with van der Waals surface area (Å²) in [7, 11) is 0. The largest absolute Gasteiger partial charge is 0.347 e. The van der Waals surface area contributed by atoms with Crippen molar-refractivity contribution in [3.8, 4) is 0 Å². The van der Waals surface area contributed by atoms with E-state index in [1.807, 2.05) is 0 Å². The summed E-state index contributed by atoms with van der Waals surface area (Å²) in [5.74, 6) is 1.58. The van der Waals surface area contributed by atoms with Crippen molar-refractivity contribution >= 4 is 5.95 Å². The molecule has 2 aromatic rings. The van der Waals surface area contributed by atoms with Crippen LogP contribution in [0.5, 0.6) is 0 Å². The molecule has 3 rings (SSSR count). The zero-order valence-corrected chi connectivity index (χ0v) is 14.4. The Morgan fingerprint density at radius 2 is 2.12 bits per heavy atom. The Balaban J connectivity index is 1.91. The lowest BCUT2D eigenvalue weighted by Gasteiger charge is -2.20. The highest BCUT2D eigenvalue weighted by Crippen LogP contribution is 2.38. The molecular weight excluding hydrogens is 305 g/mol. The van der Waals surface area contributed by atoms with Gasteiger partial charge in [0, 0.05) is 6.54 Å². The van der Waals surface area contributed by atoms with E-state index in [9.17, 15) is 4.39 Å². The summed E-state index contributed by atoms with van der Waals surface area (Å²) in [6.07, 6.45) is 0.185. The molecule has 0 radical (unpaired) electrons. The van der Waals surface area contributed by atoms with Crippen molar-refractivity contribution in [2.75, 3.05) is 5.32 Å². The number of aromatic nitrogens is 3. The van der Waals surface area contributed by atoms with E-state index in [2.05, 4.69) is 45.4 Å². The van der Waals surface area contributed by atoms with Gasteiger partial charge in [-0.1, -0.05) is 32.0 Å². The van der Waals surface area contributed by atoms with Crippen LogP contribution in [0.25, 0.3) is 0 Å². The fourth-order valence-corrected chi connectivity index (χ4v) is 3.27. The van der Waals surface area contributed by atoms with Gasteiger partial charge in [-0.25, -0.2) is 9.37 Å². The minimum Gasteiger partial charge on any atom is -0.347 e. The number of anilines is 1. The highest BCUT2D eigenvalue weighted by atomic mass is 19.1. The average molecular weight is 329 g/mol. The molecule has 6 heteroatoms. The van der Waals surface area contributed by atoms with Crippen LogP contribution in [0, 0.1) is 12.8 Å². The molecule has 1 heterocycles. The predicted octanol–water partition coefficient (Wildman–Crippen LogP) is 3.40. The summed E-state index contributed by atoms with van der Waals surface area (Å²) >= 11 is 0. The van der Waals surface area contributed by atoms with Gasteiger partial charge in [0.1, 0.15) is 5.82 Å². The molecule has 0 bridgehead atoms. The van der Waals surface area contributed by atoms with Gasteiger partial charge in [-0.15, -0.1) is 0 Å². The molecule has 0 fully saturated rings. The molecular formula is C18H24FN5. The third-order valence-electron chi connectivity index (χ3n) is 4.58. The number of rotatable bonds is 5. The van der Waals surface area contributed by atoms with E-state index in [0.717, 1.165) is 12.0 Å². The van der Waals surface area contributed by atoms with Gasteiger partial charge < -0.3 is 11.1 Å². The lowest BCUT2D eigenvalue weighted by molar-refractivity contribution is 0.317. The minimum atomic E-state index is -1.16. The molecule has 1 aromatic carbocycles. The molecule has 3 N–H and O–H groups in total. The van der Waals surface area contributed by atoms with E-state index in [-0.39, 0.29) is 11.9 Å². The Hall–Kier alpha value is -2.08. The van der Waals surface area contributed by atoms with Crippen molar-refractivity contribution < 1.29 is 4.39 Å². The summed E-state index contributed by atoms with van der Waals surface area (Å²) in [6.45, 7) is 6.25. The number of nitrogens with two attached hydrogens (primary N) is 1. The summed E-state index contributed by atoms with van der Waals surface area (Å²) in [5, 5.41) is 3.39. The van der Waals surface area contributed by atoms with Gasteiger partial charge in [0.05, 0.1) is 6.04 Å². The number of halogens is 1. The molecule has 0 aliphatic heterocycles. The Kier molecular flexibility index (Phi) is 4.76. The number of nitrogens with zero attached hydrogens (tertiary/aromatic N) is 3. The van der Waals surface area contributed by atoms with Crippen molar-refractivity contribution in [3.05, 3.63) is 46.5 Å². The number of benzene rings is 1. The highest BCUT2D eigenvalue weighted by molar-refractivity contribution is 5.43. The second-order valence-corrected chi connectivity index (χ2v) is 6.48. The monoisotopic (exact) mass is 329 g/mol. The molecule has 0 amide bonds. The fourth-order valence-electron chi connectivity index (χ4n) is 3.27. The van der Waals surface area contributed by atoms with Crippen LogP contribution in [-0.4, -0.2) is 15.0 Å². The first-order valence-electron chi connectivity index (χ1n) is 8.46. The van der Waals surface area contributed by atoms with E-state index in [1.54, 1.807) is 13.8 Å². The number of hydrogen-bond donors (Lipinski definition) is 2. The standard InChI is InChI=1S/C18H24FN5/c1-4-15(19)17-21-11(3)22-18(24-17)23-16-10(2)7-13-6-5-12(9-20)8-14(13)16/h5-6,8,10,15-16H,4,7,9,20H2,1-3H3,(H,21,22,23,24). The first-order chi connectivity index (χ1) is 11.5. The molecule has 24 heavy (non-hydrogen) atoms. The van der Waals surface area contributed by atoms with Crippen LogP contribution in [0.3, 0.4) is 0 Å². The first kappa shape index (κ1) is 16.8. The molecule has 0 saturated heterocycles. The van der Waals surface area contributed by atoms with Crippen molar-refractivity contribution in [3.63, 3.8) is 0 Å². The van der Waals surface area contributed by atoms with Gasteiger partial charge >= 0.3 is 0 Å². The molecule has 0 saturated carbocycles. The lowest BCUT2D eigenvalue weighted by atomic mass is 10.0. The van der Waals surface area contributed by atoms with Crippen LogP contribution < -0.4 is 11.1 Å². The smallest absolute Gasteiger partial charge is 0.226 e. The average Bonchev–Trinajstić information content (AvgIpc) is 2.88. The highest BCUT2D eigenvalue weighted by Gasteiger charge is 2.30. The second kappa shape index (κ2) is 6.81. The van der Waals surface area contributed by atoms with Crippen molar-refractivity contribution in [1.29, 1.82) is 0 Å². The Bertz CT molecular complexity index is 733. The van der Waals surface area contributed by atoms with E-state index < -0.39 is 6.17 Å². The molecule has 3 unspecified atom stereocenters. The SMILES string of the molecule is CCC(F)c1nc(C)nc(NC2c3cc(CN)ccc3CC2C)n1. The third-order valence-corrected chi connectivity index (χ3v) is 4.58. The normalized spacial score (nSPS) is 20.7. The summed E-state index contributed by atoms with van der Waals surface area (Å²) in [4.78, 5) is 12.7. The molecule has 3 atom stereocenters. The Morgan fingerprint density at radius 3 is 2.83 bits per heavy atom. The Morgan fingerprint density at radius 1 is 1.33 bits per heavy atom. The number of fused-ring (bicyclic) bond motifs is 1. The van der Waals surface area contributed by atoms with Crippen LogP contribution in [0.4, 0.5) is 10.3 Å². The van der Waals surface area contributed by atoms with E-state index in [0.29, 0.717) is 30.7 Å². The Labute approximate surface area is 141 Å². The van der Waals surface area contributed by atoms with Gasteiger partial charge in [-0.2, -0.15) is 9.97 Å². The molecule has 1 aliphatic rings. The van der Waals surface area contributed by atoms with Gasteiger partial charge in [-0.3, -0.25) is 0 Å². The van der Waals surface area contributed by atoms with Crippen molar-refractivity contribution in [2.45, 2.75) is 52.4 Å². The maximum Gasteiger partial charge on any atom is 0.226 e. The molecule has 128 valence electrons. The molecule has 5 nitrogen and oxygen atoms in total. The summed E-state index contributed by atoms with van der Waals surface area (Å²) in [5.41, 5.74) is 9.43. The topological polar surface area (TPSA) is 76.7 Å². The zero-order chi connectivity index (χ0) is 17.3. The zero-order valence-electron chi connectivity index (χ0n) is 14.4. The van der Waals surface area contributed by atoms with Crippen LogP contribution in [0.15, 0.2) is 18.2 Å². The van der Waals surface area contributed by atoms with E-state index >= 15 is 0 Å². The first-order valence-corrected chi connectivity index (χ1v) is 8.46. The van der Waals surface area contributed by atoms with Gasteiger partial charge in [-0.05, 0) is 42.4 Å². The number of nitrogens with one attached hydrogen (secondary N) is 1. The van der Waals surface area contributed by atoms with Crippen LogP contribution >= 0.6 is 0 Å². The predicted molar refractivity (Wildman–Crippen MR) is 92.3 cm³/mol. The number of hydrogen-bond acceptors (Lipinski definition) is 5. The van der Waals surface area contributed by atoms with Gasteiger partial charge in [0.25, 0.3) is 0 Å². The summed E-state index contributed by atoms with van der Waals surface area (Å²) < 4.78 is 14.0.